The highest BCUT2D eigenvalue weighted by molar-refractivity contribution is 7.03. The van der Waals surface area contributed by atoms with Crippen LogP contribution in [0.4, 0.5) is 0 Å². The summed E-state index contributed by atoms with van der Waals surface area (Å²) in [6.45, 7) is 0. The average molecular weight is 202 g/mol. The maximum absolute atomic E-state index is 10.0. The lowest BCUT2D eigenvalue weighted by molar-refractivity contribution is 1.43. The highest BCUT2D eigenvalue weighted by Gasteiger charge is 1.72. The SMILES string of the molecule is O=c1ccs[nH]1.O=c1ccs[nH]1. The Labute approximate surface area is 75.8 Å². The molecule has 0 bridgehead atoms. The van der Waals surface area contributed by atoms with E-state index in [0.29, 0.717) is 0 Å². The van der Waals surface area contributed by atoms with E-state index >= 15 is 0 Å². The van der Waals surface area contributed by atoms with Crippen LogP contribution in [0, 0.1) is 0 Å². The Morgan fingerprint density at radius 2 is 1.33 bits per heavy atom. The van der Waals surface area contributed by atoms with Gasteiger partial charge in [-0.15, -0.1) is 0 Å². The zero-order valence-corrected chi connectivity index (χ0v) is 7.58. The molecule has 2 aromatic rings. The molecule has 0 aliphatic rings. The standard InChI is InChI=1S/2C3H3NOS/c2*5-3-1-2-6-4-3/h2*1-2H,(H,4,5). The predicted octanol–water partition coefficient (Wildman–Crippen LogP) is 0.873. The summed E-state index contributed by atoms with van der Waals surface area (Å²) in [7, 11) is 0. The van der Waals surface area contributed by atoms with E-state index in [9.17, 15) is 9.59 Å². The summed E-state index contributed by atoms with van der Waals surface area (Å²) in [6, 6.07) is 2.98. The molecule has 0 unspecified atom stereocenters. The van der Waals surface area contributed by atoms with Crippen molar-refractivity contribution in [1.82, 2.24) is 8.75 Å². The van der Waals surface area contributed by atoms with E-state index in [1.165, 1.54) is 35.2 Å². The second kappa shape index (κ2) is 4.68. The van der Waals surface area contributed by atoms with Crippen LogP contribution in [-0.4, -0.2) is 8.75 Å². The highest BCUT2D eigenvalue weighted by atomic mass is 32.1. The summed E-state index contributed by atoms with van der Waals surface area (Å²) < 4.78 is 4.97. The molecule has 2 N–H and O–H groups in total. The zero-order chi connectivity index (χ0) is 8.81. The fraction of sp³-hybridized carbons (Fsp3) is 0. The number of aromatic nitrogens is 2. The van der Waals surface area contributed by atoms with E-state index in [2.05, 4.69) is 8.75 Å². The van der Waals surface area contributed by atoms with Crippen molar-refractivity contribution in [2.75, 3.05) is 0 Å². The Morgan fingerprint density at radius 3 is 1.42 bits per heavy atom. The summed E-state index contributed by atoms with van der Waals surface area (Å²) >= 11 is 2.60. The molecule has 12 heavy (non-hydrogen) atoms. The molecule has 0 fully saturated rings. The molecule has 0 saturated carbocycles. The molecule has 0 aromatic carbocycles. The van der Waals surface area contributed by atoms with Crippen molar-refractivity contribution < 1.29 is 0 Å². The lowest BCUT2D eigenvalue weighted by atomic mass is 10.8. The normalized spacial score (nSPS) is 8.67. The average Bonchev–Trinajstić information content (AvgIpc) is 2.63. The number of nitrogens with one attached hydrogen (secondary N) is 2. The largest absolute Gasteiger partial charge is 0.278 e. The zero-order valence-electron chi connectivity index (χ0n) is 5.94. The summed E-state index contributed by atoms with van der Waals surface area (Å²) in [5.41, 5.74) is -0.0278. The smallest absolute Gasteiger partial charge is 0.257 e. The van der Waals surface area contributed by atoms with E-state index in [4.69, 9.17) is 0 Å². The topological polar surface area (TPSA) is 65.7 Å². The Kier molecular flexibility index (Phi) is 3.49. The number of H-pyrrole nitrogens is 2. The van der Waals surface area contributed by atoms with Crippen LogP contribution in [0.25, 0.3) is 0 Å². The number of hydrogen-bond acceptors (Lipinski definition) is 4. The lowest BCUT2D eigenvalue weighted by Crippen LogP contribution is -1.90. The first kappa shape index (κ1) is 8.95. The molecule has 2 aromatic heterocycles. The molecule has 2 heterocycles. The van der Waals surface area contributed by atoms with Gasteiger partial charge in [0.15, 0.2) is 0 Å². The van der Waals surface area contributed by atoms with Crippen LogP contribution in [0.1, 0.15) is 0 Å². The first-order valence-corrected chi connectivity index (χ1v) is 4.79. The van der Waals surface area contributed by atoms with Gasteiger partial charge in [0.1, 0.15) is 0 Å². The van der Waals surface area contributed by atoms with E-state index < -0.39 is 0 Å². The molecular weight excluding hydrogens is 196 g/mol. The van der Waals surface area contributed by atoms with E-state index in [-0.39, 0.29) is 11.1 Å². The fourth-order valence-electron chi connectivity index (χ4n) is 0.444. The quantitative estimate of drug-likeness (QED) is 0.665. The Balaban J connectivity index is 0.000000120. The van der Waals surface area contributed by atoms with Gasteiger partial charge in [-0.2, -0.15) is 0 Å². The minimum atomic E-state index is -0.0139. The first-order chi connectivity index (χ1) is 5.79. The van der Waals surface area contributed by atoms with Crippen molar-refractivity contribution in [3.8, 4) is 0 Å². The molecule has 4 nitrogen and oxygen atoms in total. The van der Waals surface area contributed by atoms with Crippen molar-refractivity contribution in [2.45, 2.75) is 0 Å². The molecule has 0 radical (unpaired) electrons. The summed E-state index contributed by atoms with van der Waals surface area (Å²) in [6.07, 6.45) is 0. The molecule has 2 rings (SSSR count). The van der Waals surface area contributed by atoms with E-state index in [1.807, 2.05) is 0 Å². The third kappa shape index (κ3) is 3.31. The molecular formula is C6H6N2O2S2. The molecule has 0 aliphatic heterocycles. The van der Waals surface area contributed by atoms with Gasteiger partial charge in [0.2, 0.25) is 0 Å². The maximum atomic E-state index is 10.0. The van der Waals surface area contributed by atoms with Crippen molar-refractivity contribution in [2.24, 2.45) is 0 Å². The Bertz CT molecular complexity index is 337. The van der Waals surface area contributed by atoms with Gasteiger partial charge in [0.25, 0.3) is 11.1 Å². The molecule has 0 aliphatic carbocycles. The number of rotatable bonds is 0. The second-order valence-corrected chi connectivity index (χ2v) is 3.20. The minimum absolute atomic E-state index is 0.0139. The first-order valence-electron chi connectivity index (χ1n) is 3.03. The third-order valence-electron chi connectivity index (χ3n) is 0.894. The van der Waals surface area contributed by atoms with Crippen LogP contribution in [0.15, 0.2) is 32.5 Å². The fourth-order valence-corrected chi connectivity index (χ4v) is 1.33. The molecule has 0 amide bonds. The molecule has 0 saturated heterocycles. The van der Waals surface area contributed by atoms with Gasteiger partial charge < -0.3 is 0 Å². The molecule has 0 spiro atoms. The van der Waals surface area contributed by atoms with Crippen molar-refractivity contribution in [1.29, 1.82) is 0 Å². The van der Waals surface area contributed by atoms with Gasteiger partial charge in [-0.1, -0.05) is 23.1 Å². The lowest BCUT2D eigenvalue weighted by Gasteiger charge is -1.49. The maximum Gasteiger partial charge on any atom is 0.257 e. The highest BCUT2D eigenvalue weighted by Crippen LogP contribution is 1.77. The molecule has 64 valence electrons. The van der Waals surface area contributed by atoms with Crippen LogP contribution < -0.4 is 11.1 Å². The van der Waals surface area contributed by atoms with Gasteiger partial charge in [-0.25, -0.2) is 0 Å². The van der Waals surface area contributed by atoms with Crippen molar-refractivity contribution in [3.05, 3.63) is 43.6 Å². The van der Waals surface area contributed by atoms with Gasteiger partial charge in [0, 0.05) is 22.9 Å². The summed E-state index contributed by atoms with van der Waals surface area (Å²) in [4.78, 5) is 20.0. The van der Waals surface area contributed by atoms with Crippen LogP contribution in [0.5, 0.6) is 0 Å². The van der Waals surface area contributed by atoms with Crippen molar-refractivity contribution >= 4 is 23.1 Å². The Morgan fingerprint density at radius 1 is 0.917 bits per heavy atom. The third-order valence-corrected chi connectivity index (χ3v) is 2.08. The number of aromatic amines is 2. The van der Waals surface area contributed by atoms with Gasteiger partial charge in [-0.05, 0) is 0 Å². The number of hydrogen-bond donors (Lipinski definition) is 2. The van der Waals surface area contributed by atoms with Crippen LogP contribution in [0.3, 0.4) is 0 Å². The van der Waals surface area contributed by atoms with Gasteiger partial charge in [0.05, 0.1) is 0 Å². The van der Waals surface area contributed by atoms with Gasteiger partial charge >= 0.3 is 0 Å². The second-order valence-electron chi connectivity index (χ2n) is 1.77. The summed E-state index contributed by atoms with van der Waals surface area (Å²) in [5, 5.41) is 3.42. The van der Waals surface area contributed by atoms with Gasteiger partial charge in [-0.3, -0.25) is 18.3 Å². The van der Waals surface area contributed by atoms with Crippen LogP contribution >= 0.6 is 23.1 Å². The van der Waals surface area contributed by atoms with Crippen LogP contribution in [0.2, 0.25) is 0 Å². The monoisotopic (exact) mass is 202 g/mol. The predicted molar refractivity (Wildman–Crippen MR) is 49.9 cm³/mol. The summed E-state index contributed by atoms with van der Waals surface area (Å²) in [5.74, 6) is 0. The van der Waals surface area contributed by atoms with E-state index in [0.717, 1.165) is 0 Å². The van der Waals surface area contributed by atoms with Crippen molar-refractivity contribution in [3.63, 3.8) is 0 Å². The molecule has 6 heteroatoms. The molecule has 0 atom stereocenters. The minimum Gasteiger partial charge on any atom is -0.278 e. The van der Waals surface area contributed by atoms with E-state index in [1.54, 1.807) is 10.8 Å². The Hall–Kier alpha value is -1.14. The van der Waals surface area contributed by atoms with Crippen LogP contribution in [-0.2, 0) is 0 Å².